The molecule has 29 heavy (non-hydrogen) atoms. The highest BCUT2D eigenvalue weighted by molar-refractivity contribution is 5.93. The second-order valence-corrected chi connectivity index (χ2v) is 7.59. The summed E-state index contributed by atoms with van der Waals surface area (Å²) in [5, 5.41) is 1.29. The number of hydrogen-bond acceptors (Lipinski definition) is 3. The molecule has 0 fully saturated rings. The van der Waals surface area contributed by atoms with E-state index in [0.717, 1.165) is 37.6 Å². The average Bonchev–Trinajstić information content (AvgIpc) is 2.99. The molecule has 0 saturated carbocycles. The first-order valence-corrected chi connectivity index (χ1v) is 9.88. The van der Waals surface area contributed by atoms with Crippen molar-refractivity contribution in [1.82, 2.24) is 14.5 Å². The van der Waals surface area contributed by atoms with Crippen molar-refractivity contribution in [3.8, 4) is 0 Å². The molecule has 0 unspecified atom stereocenters. The Morgan fingerprint density at radius 2 is 1.69 bits per heavy atom. The molecule has 4 aromatic rings. The SMILES string of the molecule is Cc1c(C)n(Cc2ccccn2)c2c(N3CCc4ccccc4C3)nccc12.Cl. The van der Waals surface area contributed by atoms with Crippen molar-refractivity contribution in [2.75, 3.05) is 11.4 Å². The maximum atomic E-state index is 4.84. The van der Waals surface area contributed by atoms with E-state index in [2.05, 4.69) is 70.8 Å². The summed E-state index contributed by atoms with van der Waals surface area (Å²) in [5.74, 6) is 1.08. The molecule has 0 spiro atoms. The fraction of sp³-hybridized carbons (Fsp3) is 0.250. The third-order valence-electron chi connectivity index (χ3n) is 6.00. The minimum absolute atomic E-state index is 0. The minimum atomic E-state index is 0. The van der Waals surface area contributed by atoms with Gasteiger partial charge in [0.05, 0.1) is 17.8 Å². The molecule has 5 heteroatoms. The number of rotatable bonds is 3. The third-order valence-corrected chi connectivity index (χ3v) is 6.00. The molecule has 0 radical (unpaired) electrons. The summed E-state index contributed by atoms with van der Waals surface area (Å²) >= 11 is 0. The Morgan fingerprint density at radius 3 is 2.48 bits per heavy atom. The van der Waals surface area contributed by atoms with E-state index in [4.69, 9.17) is 4.98 Å². The van der Waals surface area contributed by atoms with Crippen LogP contribution in [0, 0.1) is 13.8 Å². The van der Waals surface area contributed by atoms with Crippen LogP contribution in [0.2, 0.25) is 0 Å². The zero-order chi connectivity index (χ0) is 19.1. The number of nitrogens with zero attached hydrogens (tertiary/aromatic N) is 4. The van der Waals surface area contributed by atoms with Gasteiger partial charge in [-0.3, -0.25) is 4.98 Å². The Balaban J connectivity index is 0.00000205. The maximum Gasteiger partial charge on any atom is 0.153 e. The Hall–Kier alpha value is -2.85. The maximum absolute atomic E-state index is 4.84. The van der Waals surface area contributed by atoms with Gasteiger partial charge in [0.1, 0.15) is 0 Å². The second kappa shape index (κ2) is 7.88. The number of pyridine rings is 2. The van der Waals surface area contributed by atoms with Crippen LogP contribution in [0.4, 0.5) is 5.82 Å². The molecule has 4 nitrogen and oxygen atoms in total. The first-order valence-electron chi connectivity index (χ1n) is 9.88. The van der Waals surface area contributed by atoms with E-state index in [1.54, 1.807) is 0 Å². The van der Waals surface area contributed by atoms with Crippen LogP contribution in [0.25, 0.3) is 10.9 Å². The van der Waals surface area contributed by atoms with E-state index < -0.39 is 0 Å². The predicted molar refractivity (Wildman–Crippen MR) is 121 cm³/mol. The highest BCUT2D eigenvalue weighted by Crippen LogP contribution is 2.34. The molecule has 0 N–H and O–H groups in total. The molecule has 0 atom stereocenters. The molecule has 4 heterocycles. The normalized spacial score (nSPS) is 13.2. The highest BCUT2D eigenvalue weighted by atomic mass is 35.5. The van der Waals surface area contributed by atoms with Crippen molar-refractivity contribution in [3.05, 3.63) is 89.0 Å². The largest absolute Gasteiger partial charge is 0.350 e. The number of fused-ring (bicyclic) bond motifs is 2. The Bertz CT molecular complexity index is 1150. The summed E-state index contributed by atoms with van der Waals surface area (Å²) in [6.45, 7) is 7.08. The van der Waals surface area contributed by atoms with Crippen molar-refractivity contribution >= 4 is 29.1 Å². The van der Waals surface area contributed by atoms with E-state index >= 15 is 0 Å². The molecular formula is C24H25ClN4. The zero-order valence-electron chi connectivity index (χ0n) is 16.8. The van der Waals surface area contributed by atoms with Gasteiger partial charge in [0.2, 0.25) is 0 Å². The summed E-state index contributed by atoms with van der Waals surface area (Å²) in [6.07, 6.45) is 4.88. The molecule has 0 aliphatic carbocycles. The van der Waals surface area contributed by atoms with Crippen molar-refractivity contribution in [3.63, 3.8) is 0 Å². The quantitative estimate of drug-likeness (QED) is 0.477. The first-order chi connectivity index (χ1) is 13.7. The molecular weight excluding hydrogens is 380 g/mol. The number of hydrogen-bond donors (Lipinski definition) is 0. The van der Waals surface area contributed by atoms with Crippen LogP contribution in [0.5, 0.6) is 0 Å². The van der Waals surface area contributed by atoms with Crippen LogP contribution in [0.1, 0.15) is 28.1 Å². The molecule has 1 aliphatic rings. The molecule has 0 saturated heterocycles. The number of halogens is 1. The molecule has 5 rings (SSSR count). The molecule has 1 aliphatic heterocycles. The first kappa shape index (κ1) is 19.5. The monoisotopic (exact) mass is 404 g/mol. The van der Waals surface area contributed by atoms with Gasteiger partial charge in [0, 0.05) is 36.6 Å². The lowest BCUT2D eigenvalue weighted by atomic mass is 10.00. The number of aryl methyl sites for hydroxylation is 1. The van der Waals surface area contributed by atoms with Gasteiger partial charge < -0.3 is 9.47 Å². The van der Waals surface area contributed by atoms with Gasteiger partial charge in [0.25, 0.3) is 0 Å². The van der Waals surface area contributed by atoms with Crippen LogP contribution in [-0.4, -0.2) is 21.1 Å². The van der Waals surface area contributed by atoms with Gasteiger partial charge in [-0.15, -0.1) is 12.4 Å². The lowest BCUT2D eigenvalue weighted by molar-refractivity contribution is 0.715. The van der Waals surface area contributed by atoms with Gasteiger partial charge in [-0.1, -0.05) is 30.3 Å². The highest BCUT2D eigenvalue weighted by Gasteiger charge is 2.22. The third kappa shape index (κ3) is 3.38. The molecule has 1 aromatic carbocycles. The fourth-order valence-electron chi connectivity index (χ4n) is 4.34. The molecule has 3 aromatic heterocycles. The van der Waals surface area contributed by atoms with Crippen LogP contribution in [0.3, 0.4) is 0 Å². The van der Waals surface area contributed by atoms with Crippen LogP contribution in [0.15, 0.2) is 60.9 Å². The van der Waals surface area contributed by atoms with Gasteiger partial charge >= 0.3 is 0 Å². The van der Waals surface area contributed by atoms with E-state index in [1.807, 2.05) is 18.5 Å². The lowest BCUT2D eigenvalue weighted by Gasteiger charge is -2.30. The van der Waals surface area contributed by atoms with Crippen molar-refractivity contribution in [2.24, 2.45) is 0 Å². The Kier molecular flexibility index (Phi) is 5.29. The van der Waals surface area contributed by atoms with Crippen molar-refractivity contribution in [1.29, 1.82) is 0 Å². The molecule has 0 amide bonds. The van der Waals surface area contributed by atoms with Gasteiger partial charge in [-0.25, -0.2) is 4.98 Å². The lowest BCUT2D eigenvalue weighted by Crippen LogP contribution is -2.31. The zero-order valence-corrected chi connectivity index (χ0v) is 17.6. The van der Waals surface area contributed by atoms with Crippen LogP contribution < -0.4 is 4.90 Å². The van der Waals surface area contributed by atoms with Crippen molar-refractivity contribution < 1.29 is 0 Å². The van der Waals surface area contributed by atoms with Gasteiger partial charge in [-0.2, -0.15) is 0 Å². The van der Waals surface area contributed by atoms with Crippen molar-refractivity contribution in [2.45, 2.75) is 33.4 Å². The van der Waals surface area contributed by atoms with Crippen LogP contribution >= 0.6 is 12.4 Å². The summed E-state index contributed by atoms with van der Waals surface area (Å²) in [4.78, 5) is 11.8. The number of benzene rings is 1. The number of anilines is 1. The van der Waals surface area contributed by atoms with E-state index in [0.29, 0.717) is 0 Å². The summed E-state index contributed by atoms with van der Waals surface area (Å²) < 4.78 is 2.38. The average molecular weight is 405 g/mol. The van der Waals surface area contributed by atoms with Gasteiger partial charge in [-0.05, 0) is 55.2 Å². The molecule has 0 bridgehead atoms. The number of aromatic nitrogens is 3. The summed E-state index contributed by atoms with van der Waals surface area (Å²) in [5.41, 5.74) is 7.77. The predicted octanol–water partition coefficient (Wildman–Crippen LogP) is 5.08. The second-order valence-electron chi connectivity index (χ2n) is 7.59. The van der Waals surface area contributed by atoms with E-state index in [1.165, 1.54) is 33.3 Å². The Morgan fingerprint density at radius 1 is 0.897 bits per heavy atom. The van der Waals surface area contributed by atoms with Gasteiger partial charge in [0.15, 0.2) is 5.82 Å². The fourth-order valence-corrected chi connectivity index (χ4v) is 4.34. The summed E-state index contributed by atoms with van der Waals surface area (Å²) in [6, 6.07) is 17.0. The molecule has 148 valence electrons. The smallest absolute Gasteiger partial charge is 0.153 e. The minimum Gasteiger partial charge on any atom is -0.350 e. The Labute approximate surface area is 177 Å². The topological polar surface area (TPSA) is 34.0 Å². The summed E-state index contributed by atoms with van der Waals surface area (Å²) in [7, 11) is 0. The van der Waals surface area contributed by atoms with E-state index in [-0.39, 0.29) is 12.4 Å². The van der Waals surface area contributed by atoms with Crippen LogP contribution in [-0.2, 0) is 19.5 Å². The van der Waals surface area contributed by atoms with E-state index in [9.17, 15) is 0 Å². The standard InChI is InChI=1S/C24H24N4.ClH/c1-17-18(2)28(16-21-9-5-6-12-25-21)23-22(17)10-13-26-24(23)27-14-11-19-7-3-4-8-20(19)15-27;/h3-10,12-13H,11,14-16H2,1-2H3;1H.